The van der Waals surface area contributed by atoms with Gasteiger partial charge in [0.2, 0.25) is 0 Å². The van der Waals surface area contributed by atoms with Crippen molar-refractivity contribution in [3.63, 3.8) is 0 Å². The van der Waals surface area contributed by atoms with E-state index in [1.165, 1.54) is 27.1 Å². The van der Waals surface area contributed by atoms with Gasteiger partial charge in [-0.3, -0.25) is 19.0 Å². The number of benzene rings is 2. The summed E-state index contributed by atoms with van der Waals surface area (Å²) in [4.78, 5) is 45.2. The summed E-state index contributed by atoms with van der Waals surface area (Å²) in [5, 5.41) is 2.96. The fourth-order valence-electron chi connectivity index (χ4n) is 3.86. The van der Waals surface area contributed by atoms with E-state index >= 15 is 0 Å². The van der Waals surface area contributed by atoms with Gasteiger partial charge in [0.05, 0.1) is 23.4 Å². The highest BCUT2D eigenvalue weighted by Gasteiger charge is 2.26. The van der Waals surface area contributed by atoms with E-state index in [2.05, 4.69) is 4.98 Å². The van der Waals surface area contributed by atoms with Crippen LogP contribution in [0.4, 0.5) is 5.69 Å². The van der Waals surface area contributed by atoms with Gasteiger partial charge in [-0.2, -0.15) is 0 Å². The molecule has 0 saturated heterocycles. The molecule has 1 atom stereocenters. The van der Waals surface area contributed by atoms with Gasteiger partial charge in [0.1, 0.15) is 10.6 Å². The lowest BCUT2D eigenvalue weighted by atomic mass is 10.0. The third kappa shape index (κ3) is 3.61. The number of thiophene rings is 1. The van der Waals surface area contributed by atoms with Crippen molar-refractivity contribution in [3.8, 4) is 16.9 Å². The Morgan fingerprint density at radius 2 is 1.94 bits per heavy atom. The first kappa shape index (κ1) is 21.4. The molecule has 1 unspecified atom stereocenters. The second-order valence-corrected chi connectivity index (χ2v) is 9.05. The maximum atomic E-state index is 13.4. The molecule has 1 aliphatic heterocycles. The van der Waals surface area contributed by atoms with Gasteiger partial charge in [-0.1, -0.05) is 23.7 Å². The Hall–Kier alpha value is -3.49. The number of Topliss-reactive ketones (excluding diaryl/α,β-unsaturated/α-hetero) is 1. The van der Waals surface area contributed by atoms with E-state index < -0.39 is 6.04 Å². The number of likely N-dealkylation sites (N-methyl/N-ethyl adjacent to an activating group) is 1. The van der Waals surface area contributed by atoms with Crippen LogP contribution in [-0.2, 0) is 4.79 Å². The summed E-state index contributed by atoms with van der Waals surface area (Å²) in [5.41, 5.74) is 2.21. The van der Waals surface area contributed by atoms with Crippen LogP contribution >= 0.6 is 22.9 Å². The molecular formula is C24H18ClN3O4S. The lowest BCUT2D eigenvalue weighted by Crippen LogP contribution is -2.35. The van der Waals surface area contributed by atoms with Crippen LogP contribution in [-0.4, -0.2) is 34.9 Å². The maximum absolute atomic E-state index is 13.4. The molecule has 2 aromatic carbocycles. The molecule has 0 bridgehead atoms. The molecule has 0 radical (unpaired) electrons. The summed E-state index contributed by atoms with van der Waals surface area (Å²) < 4.78 is 6.78. The van der Waals surface area contributed by atoms with Crippen LogP contribution in [0.1, 0.15) is 23.3 Å². The average molecular weight is 480 g/mol. The van der Waals surface area contributed by atoms with Gasteiger partial charge < -0.3 is 9.64 Å². The number of carbonyl (C=O) groups is 2. The Labute approximate surface area is 197 Å². The van der Waals surface area contributed by atoms with Crippen LogP contribution in [0.5, 0.6) is 5.75 Å². The second kappa shape index (κ2) is 8.13. The van der Waals surface area contributed by atoms with E-state index in [1.54, 1.807) is 44.3 Å². The zero-order valence-corrected chi connectivity index (χ0v) is 19.3. The van der Waals surface area contributed by atoms with Gasteiger partial charge in [0.25, 0.3) is 11.5 Å². The summed E-state index contributed by atoms with van der Waals surface area (Å²) in [6.45, 7) is 1.63. The van der Waals surface area contributed by atoms with Crippen molar-refractivity contribution in [1.82, 2.24) is 9.55 Å². The van der Waals surface area contributed by atoms with Crippen LogP contribution < -0.4 is 15.2 Å². The van der Waals surface area contributed by atoms with E-state index in [-0.39, 0.29) is 23.9 Å². The fraction of sp³-hybridized carbons (Fsp3) is 0.167. The second-order valence-electron chi connectivity index (χ2n) is 7.76. The SMILES string of the molecule is CC(C(=O)c1ccc2c(c1)N(C)C(=O)CO2)n1cnc2scc(-c3ccc(Cl)cc3)c2c1=O. The van der Waals surface area contributed by atoms with Gasteiger partial charge in [0.15, 0.2) is 12.4 Å². The van der Waals surface area contributed by atoms with Gasteiger partial charge in [-0.05, 0) is 42.8 Å². The normalized spacial score (nSPS) is 14.2. The van der Waals surface area contributed by atoms with Gasteiger partial charge >= 0.3 is 0 Å². The molecule has 4 aromatic rings. The van der Waals surface area contributed by atoms with Crippen molar-refractivity contribution < 1.29 is 14.3 Å². The van der Waals surface area contributed by atoms with E-state index in [0.29, 0.717) is 32.2 Å². The quantitative estimate of drug-likeness (QED) is 0.400. The first-order valence-electron chi connectivity index (χ1n) is 10.2. The minimum absolute atomic E-state index is 0.0368. The van der Waals surface area contributed by atoms with Crippen molar-refractivity contribution in [2.24, 2.45) is 0 Å². The predicted octanol–water partition coefficient (Wildman–Crippen LogP) is 4.58. The van der Waals surface area contributed by atoms with Gasteiger partial charge in [-0.15, -0.1) is 11.3 Å². The predicted molar refractivity (Wildman–Crippen MR) is 129 cm³/mol. The standard InChI is InChI=1S/C24H18ClN3O4S/c1-13(22(30)15-5-8-19-18(9-15)27(2)20(29)10-32-19)28-12-26-23-21(24(28)31)17(11-33-23)14-3-6-16(25)7-4-14/h3-9,11-13H,10H2,1-2H3. The van der Waals surface area contributed by atoms with Crippen LogP contribution in [0.3, 0.4) is 0 Å². The first-order chi connectivity index (χ1) is 15.8. The molecule has 0 spiro atoms. The van der Waals surface area contributed by atoms with Crippen LogP contribution in [0.15, 0.2) is 59.0 Å². The molecule has 166 valence electrons. The Morgan fingerprint density at radius 1 is 1.18 bits per heavy atom. The number of anilines is 1. The molecule has 1 aliphatic rings. The number of rotatable bonds is 4. The average Bonchev–Trinajstić information content (AvgIpc) is 3.26. The topological polar surface area (TPSA) is 81.5 Å². The number of fused-ring (bicyclic) bond motifs is 2. The zero-order chi connectivity index (χ0) is 23.3. The number of amides is 1. The van der Waals surface area contributed by atoms with Crippen molar-refractivity contribution in [2.45, 2.75) is 13.0 Å². The minimum Gasteiger partial charge on any atom is -0.482 e. The molecule has 2 aromatic heterocycles. The molecule has 33 heavy (non-hydrogen) atoms. The van der Waals surface area contributed by atoms with Crippen LogP contribution in [0.2, 0.25) is 5.02 Å². The molecule has 5 rings (SSSR count). The van der Waals surface area contributed by atoms with Crippen molar-refractivity contribution >= 4 is 50.5 Å². The minimum atomic E-state index is -0.795. The number of ketones is 1. The third-order valence-electron chi connectivity index (χ3n) is 5.80. The molecule has 0 N–H and O–H groups in total. The molecule has 0 aliphatic carbocycles. The lowest BCUT2D eigenvalue weighted by Gasteiger charge is -2.26. The number of hydrogen-bond donors (Lipinski definition) is 0. The van der Waals surface area contributed by atoms with E-state index in [9.17, 15) is 14.4 Å². The number of halogens is 1. The largest absolute Gasteiger partial charge is 0.482 e. The van der Waals surface area contributed by atoms with Crippen molar-refractivity contribution in [3.05, 3.63) is 75.1 Å². The third-order valence-corrected chi connectivity index (χ3v) is 6.94. The molecule has 9 heteroatoms. The summed E-state index contributed by atoms with van der Waals surface area (Å²) >= 11 is 7.38. The Bertz CT molecular complexity index is 1480. The van der Waals surface area contributed by atoms with Gasteiger partial charge in [-0.25, -0.2) is 4.98 Å². The monoisotopic (exact) mass is 479 g/mol. The van der Waals surface area contributed by atoms with Crippen molar-refractivity contribution in [1.29, 1.82) is 0 Å². The molecule has 7 nitrogen and oxygen atoms in total. The van der Waals surface area contributed by atoms with E-state index in [4.69, 9.17) is 16.3 Å². The summed E-state index contributed by atoms with van der Waals surface area (Å²) in [6.07, 6.45) is 1.41. The molecule has 0 fully saturated rings. The zero-order valence-electron chi connectivity index (χ0n) is 17.7. The van der Waals surface area contributed by atoms with Crippen LogP contribution in [0.25, 0.3) is 21.3 Å². The van der Waals surface area contributed by atoms with E-state index in [1.807, 2.05) is 17.5 Å². The number of ether oxygens (including phenoxy) is 1. The Morgan fingerprint density at radius 3 is 2.70 bits per heavy atom. The van der Waals surface area contributed by atoms with Crippen molar-refractivity contribution in [2.75, 3.05) is 18.6 Å². The van der Waals surface area contributed by atoms with Gasteiger partial charge in [0, 0.05) is 28.6 Å². The summed E-state index contributed by atoms with van der Waals surface area (Å²) in [7, 11) is 1.64. The number of carbonyl (C=O) groups excluding carboxylic acids is 2. The molecular weight excluding hydrogens is 462 g/mol. The Kier molecular flexibility index (Phi) is 5.26. The fourth-order valence-corrected chi connectivity index (χ4v) is 4.89. The number of nitrogens with zero attached hydrogens (tertiary/aromatic N) is 3. The highest BCUT2D eigenvalue weighted by Crippen LogP contribution is 2.34. The maximum Gasteiger partial charge on any atom is 0.264 e. The first-order valence-corrected chi connectivity index (χ1v) is 11.4. The number of hydrogen-bond acceptors (Lipinski definition) is 6. The van der Waals surface area contributed by atoms with E-state index in [0.717, 1.165) is 11.1 Å². The number of aromatic nitrogens is 2. The molecule has 0 saturated carbocycles. The highest BCUT2D eigenvalue weighted by molar-refractivity contribution is 7.17. The summed E-state index contributed by atoms with van der Waals surface area (Å²) in [5.74, 6) is 0.0707. The summed E-state index contributed by atoms with van der Waals surface area (Å²) in [6, 6.07) is 11.4. The Balaban J connectivity index is 1.54. The van der Waals surface area contributed by atoms with Crippen LogP contribution in [0, 0.1) is 0 Å². The highest BCUT2D eigenvalue weighted by atomic mass is 35.5. The smallest absolute Gasteiger partial charge is 0.264 e. The lowest BCUT2D eigenvalue weighted by molar-refractivity contribution is -0.120. The molecule has 3 heterocycles. The molecule has 1 amide bonds.